The number of rotatable bonds is 0. The summed E-state index contributed by atoms with van der Waals surface area (Å²) in [7, 11) is 0. The molecule has 0 saturated carbocycles. The van der Waals surface area contributed by atoms with Crippen LogP contribution in [0, 0.1) is 5.92 Å². The molecule has 2 aliphatic rings. The standard InChI is InChI=1S/C10H14O2/c1-6-7(2)12-9-5-3-4-8(11)10(6)9/h6-7H,3-5H2,1-2H3. The minimum atomic E-state index is 0.206. The maximum Gasteiger partial charge on any atom is 0.162 e. The van der Waals surface area contributed by atoms with Gasteiger partial charge in [0.05, 0.1) is 0 Å². The molecule has 0 amide bonds. The van der Waals surface area contributed by atoms with E-state index < -0.39 is 0 Å². The average molecular weight is 166 g/mol. The normalized spacial score (nSPS) is 35.0. The van der Waals surface area contributed by atoms with Gasteiger partial charge in [-0.2, -0.15) is 0 Å². The Kier molecular flexibility index (Phi) is 1.71. The van der Waals surface area contributed by atoms with E-state index in [0.29, 0.717) is 11.7 Å². The summed E-state index contributed by atoms with van der Waals surface area (Å²) in [5, 5.41) is 0. The van der Waals surface area contributed by atoms with E-state index in [2.05, 4.69) is 6.92 Å². The number of ketones is 1. The Balaban J connectivity index is 2.33. The van der Waals surface area contributed by atoms with Crippen molar-refractivity contribution in [3.63, 3.8) is 0 Å². The van der Waals surface area contributed by atoms with Crippen molar-refractivity contribution in [1.82, 2.24) is 0 Å². The fraction of sp³-hybridized carbons (Fsp3) is 0.700. The van der Waals surface area contributed by atoms with Gasteiger partial charge in [0.2, 0.25) is 0 Å². The van der Waals surface area contributed by atoms with Crippen LogP contribution in [0.3, 0.4) is 0 Å². The highest BCUT2D eigenvalue weighted by Crippen LogP contribution is 2.37. The molecule has 66 valence electrons. The van der Waals surface area contributed by atoms with Gasteiger partial charge >= 0.3 is 0 Å². The second-order valence-corrected chi connectivity index (χ2v) is 3.73. The highest BCUT2D eigenvalue weighted by molar-refractivity contribution is 5.97. The third kappa shape index (κ3) is 0.977. The van der Waals surface area contributed by atoms with E-state index in [4.69, 9.17) is 4.74 Å². The molecule has 0 saturated heterocycles. The van der Waals surface area contributed by atoms with Gasteiger partial charge in [0, 0.05) is 24.3 Å². The van der Waals surface area contributed by atoms with Crippen molar-refractivity contribution >= 4 is 5.78 Å². The highest BCUT2D eigenvalue weighted by atomic mass is 16.5. The van der Waals surface area contributed by atoms with Crippen LogP contribution in [-0.4, -0.2) is 11.9 Å². The van der Waals surface area contributed by atoms with Crippen LogP contribution in [0.5, 0.6) is 0 Å². The second-order valence-electron chi connectivity index (χ2n) is 3.73. The van der Waals surface area contributed by atoms with E-state index in [0.717, 1.165) is 30.6 Å². The Morgan fingerprint density at radius 1 is 1.33 bits per heavy atom. The van der Waals surface area contributed by atoms with Crippen LogP contribution in [0.15, 0.2) is 11.3 Å². The molecule has 2 nitrogen and oxygen atoms in total. The number of allylic oxidation sites excluding steroid dienone is 1. The van der Waals surface area contributed by atoms with E-state index in [1.54, 1.807) is 0 Å². The zero-order valence-electron chi connectivity index (χ0n) is 7.59. The number of carbonyl (C=O) groups is 1. The molecular formula is C10H14O2. The van der Waals surface area contributed by atoms with Gasteiger partial charge in [0.25, 0.3) is 0 Å². The predicted molar refractivity (Wildman–Crippen MR) is 45.6 cm³/mol. The first-order chi connectivity index (χ1) is 5.70. The van der Waals surface area contributed by atoms with Gasteiger partial charge in [-0.1, -0.05) is 6.92 Å². The smallest absolute Gasteiger partial charge is 0.162 e. The molecule has 12 heavy (non-hydrogen) atoms. The number of hydrogen-bond donors (Lipinski definition) is 0. The Labute approximate surface area is 72.6 Å². The molecule has 1 aliphatic carbocycles. The van der Waals surface area contributed by atoms with Crippen molar-refractivity contribution < 1.29 is 9.53 Å². The van der Waals surface area contributed by atoms with Gasteiger partial charge < -0.3 is 4.74 Å². The largest absolute Gasteiger partial charge is 0.494 e. The lowest BCUT2D eigenvalue weighted by molar-refractivity contribution is -0.116. The zero-order valence-corrected chi connectivity index (χ0v) is 7.59. The van der Waals surface area contributed by atoms with Crippen LogP contribution < -0.4 is 0 Å². The number of Topliss-reactive ketones (excluding diaryl/α,β-unsaturated/α-hetero) is 1. The average Bonchev–Trinajstić information content (AvgIpc) is 2.29. The molecular weight excluding hydrogens is 152 g/mol. The first-order valence-electron chi connectivity index (χ1n) is 4.63. The summed E-state index contributed by atoms with van der Waals surface area (Å²) in [6.45, 7) is 4.12. The summed E-state index contributed by atoms with van der Waals surface area (Å²) in [5.41, 5.74) is 0.980. The summed E-state index contributed by atoms with van der Waals surface area (Å²) in [6.07, 6.45) is 2.86. The third-order valence-electron chi connectivity index (χ3n) is 2.90. The lowest BCUT2D eigenvalue weighted by atomic mass is 9.88. The molecule has 2 unspecified atom stereocenters. The molecule has 0 aromatic rings. The summed E-state index contributed by atoms with van der Waals surface area (Å²) in [6, 6.07) is 0. The lowest BCUT2D eigenvalue weighted by Crippen LogP contribution is -2.16. The fourth-order valence-electron chi connectivity index (χ4n) is 2.03. The Hall–Kier alpha value is -0.790. The molecule has 1 aliphatic heterocycles. The monoisotopic (exact) mass is 166 g/mol. The lowest BCUT2D eigenvalue weighted by Gasteiger charge is -2.12. The molecule has 2 rings (SSSR count). The van der Waals surface area contributed by atoms with E-state index in [1.165, 1.54) is 0 Å². The molecule has 0 bridgehead atoms. The number of carbonyl (C=O) groups excluding carboxylic acids is 1. The van der Waals surface area contributed by atoms with Gasteiger partial charge in [-0.25, -0.2) is 0 Å². The molecule has 0 N–H and O–H groups in total. The van der Waals surface area contributed by atoms with E-state index in [1.807, 2.05) is 6.92 Å². The van der Waals surface area contributed by atoms with Gasteiger partial charge in [-0.3, -0.25) is 4.79 Å². The van der Waals surface area contributed by atoms with Crippen molar-refractivity contribution in [3.05, 3.63) is 11.3 Å². The zero-order chi connectivity index (χ0) is 8.72. The van der Waals surface area contributed by atoms with Gasteiger partial charge in [0.1, 0.15) is 11.9 Å². The molecule has 0 aromatic heterocycles. The Bertz CT molecular complexity index is 253. The van der Waals surface area contributed by atoms with Crippen molar-refractivity contribution in [2.45, 2.75) is 39.2 Å². The molecule has 0 spiro atoms. The minimum Gasteiger partial charge on any atom is -0.494 e. The molecule has 1 heterocycles. The van der Waals surface area contributed by atoms with Crippen molar-refractivity contribution in [3.8, 4) is 0 Å². The van der Waals surface area contributed by atoms with Gasteiger partial charge in [0.15, 0.2) is 5.78 Å². The van der Waals surface area contributed by atoms with Crippen LogP contribution in [0.25, 0.3) is 0 Å². The van der Waals surface area contributed by atoms with Gasteiger partial charge in [-0.05, 0) is 13.3 Å². The summed E-state index contributed by atoms with van der Waals surface area (Å²) in [5.74, 6) is 1.60. The minimum absolute atomic E-state index is 0.206. The summed E-state index contributed by atoms with van der Waals surface area (Å²) < 4.78 is 5.61. The molecule has 2 heteroatoms. The van der Waals surface area contributed by atoms with Crippen molar-refractivity contribution in [1.29, 1.82) is 0 Å². The second kappa shape index (κ2) is 2.61. The number of hydrogen-bond acceptors (Lipinski definition) is 2. The predicted octanol–water partition coefficient (Wildman–Crippen LogP) is 2.05. The fourth-order valence-corrected chi connectivity index (χ4v) is 2.03. The van der Waals surface area contributed by atoms with Crippen LogP contribution in [-0.2, 0) is 9.53 Å². The van der Waals surface area contributed by atoms with Crippen LogP contribution in [0.2, 0.25) is 0 Å². The van der Waals surface area contributed by atoms with E-state index in [-0.39, 0.29) is 6.10 Å². The first kappa shape index (κ1) is 7.84. The SMILES string of the molecule is CC1OC2=C(C(=O)CCC2)C1C. The van der Waals surface area contributed by atoms with Crippen molar-refractivity contribution in [2.75, 3.05) is 0 Å². The van der Waals surface area contributed by atoms with E-state index in [9.17, 15) is 4.79 Å². The topological polar surface area (TPSA) is 26.3 Å². The Morgan fingerprint density at radius 3 is 2.75 bits per heavy atom. The van der Waals surface area contributed by atoms with Crippen LogP contribution in [0.4, 0.5) is 0 Å². The quantitative estimate of drug-likeness (QED) is 0.550. The maximum absolute atomic E-state index is 11.5. The van der Waals surface area contributed by atoms with E-state index >= 15 is 0 Å². The molecule has 0 aromatic carbocycles. The number of ether oxygens (including phenoxy) is 1. The first-order valence-corrected chi connectivity index (χ1v) is 4.63. The highest BCUT2D eigenvalue weighted by Gasteiger charge is 2.35. The maximum atomic E-state index is 11.5. The molecule has 0 fully saturated rings. The molecule has 0 radical (unpaired) electrons. The van der Waals surface area contributed by atoms with Crippen molar-refractivity contribution in [2.24, 2.45) is 5.92 Å². The molecule has 2 atom stereocenters. The van der Waals surface area contributed by atoms with Crippen LogP contribution >= 0.6 is 0 Å². The van der Waals surface area contributed by atoms with Crippen LogP contribution in [0.1, 0.15) is 33.1 Å². The summed E-state index contributed by atoms with van der Waals surface area (Å²) >= 11 is 0. The third-order valence-corrected chi connectivity index (χ3v) is 2.90. The van der Waals surface area contributed by atoms with Gasteiger partial charge in [-0.15, -0.1) is 0 Å². The Morgan fingerprint density at radius 2 is 2.08 bits per heavy atom. The summed E-state index contributed by atoms with van der Waals surface area (Å²) in [4.78, 5) is 11.5.